The number of pyridine rings is 1. The van der Waals surface area contributed by atoms with Crippen LogP contribution >= 0.6 is 11.6 Å². The molecule has 0 N–H and O–H groups in total. The molecule has 15 heavy (non-hydrogen) atoms. The van der Waals surface area contributed by atoms with E-state index in [1.165, 1.54) is 0 Å². The molecule has 6 heteroatoms. The fraction of sp³-hybridized carbons (Fsp3) is 0.222. The third-order valence-electron chi connectivity index (χ3n) is 1.76. The van der Waals surface area contributed by atoms with Gasteiger partial charge in [-0.15, -0.1) is 11.6 Å². The van der Waals surface area contributed by atoms with Crippen molar-refractivity contribution in [2.24, 2.45) is 0 Å². The first-order chi connectivity index (χ1) is 7.13. The molecule has 0 radical (unpaired) electrons. The number of hydrogen-bond acceptors (Lipinski definition) is 3. The van der Waals surface area contributed by atoms with E-state index in [-0.39, 0.29) is 22.8 Å². The molecule has 0 aliphatic rings. The van der Waals surface area contributed by atoms with Crippen LogP contribution in [0.15, 0.2) is 6.07 Å². The van der Waals surface area contributed by atoms with E-state index in [9.17, 15) is 13.6 Å². The highest BCUT2D eigenvalue weighted by Crippen LogP contribution is 2.24. The lowest BCUT2D eigenvalue weighted by molar-refractivity contribution is 0.112. The average Bonchev–Trinajstić information content (AvgIpc) is 2.26. The number of rotatable bonds is 3. The van der Waals surface area contributed by atoms with E-state index in [1.807, 2.05) is 0 Å². The molecule has 0 atom stereocenters. The van der Waals surface area contributed by atoms with Gasteiger partial charge in [-0.2, -0.15) is 5.26 Å². The van der Waals surface area contributed by atoms with Crippen LogP contribution in [0.25, 0.3) is 0 Å². The van der Waals surface area contributed by atoms with E-state index in [2.05, 4.69) is 4.98 Å². The highest BCUT2D eigenvalue weighted by atomic mass is 35.5. The summed E-state index contributed by atoms with van der Waals surface area (Å²) in [6, 6.07) is 2.59. The van der Waals surface area contributed by atoms with Gasteiger partial charge in [-0.05, 0) is 6.07 Å². The molecule has 78 valence electrons. The van der Waals surface area contributed by atoms with Gasteiger partial charge in [0.15, 0.2) is 12.0 Å². The second-order valence-electron chi connectivity index (χ2n) is 2.63. The lowest BCUT2D eigenvalue weighted by Gasteiger charge is -2.06. The maximum atomic E-state index is 12.5. The monoisotopic (exact) mass is 230 g/mol. The van der Waals surface area contributed by atoms with Gasteiger partial charge in [0.25, 0.3) is 6.43 Å². The van der Waals surface area contributed by atoms with E-state index < -0.39 is 12.0 Å². The van der Waals surface area contributed by atoms with Crippen LogP contribution in [0.3, 0.4) is 0 Å². The van der Waals surface area contributed by atoms with Crippen molar-refractivity contribution in [3.8, 4) is 6.07 Å². The number of halogens is 3. The van der Waals surface area contributed by atoms with Crippen molar-refractivity contribution in [3.63, 3.8) is 0 Å². The number of hydrogen-bond donors (Lipinski definition) is 0. The maximum absolute atomic E-state index is 12.5. The van der Waals surface area contributed by atoms with E-state index in [0.29, 0.717) is 6.29 Å². The Morgan fingerprint density at radius 1 is 1.67 bits per heavy atom. The summed E-state index contributed by atoms with van der Waals surface area (Å²) in [7, 11) is 0. The zero-order valence-electron chi connectivity index (χ0n) is 7.38. The quantitative estimate of drug-likeness (QED) is 0.592. The summed E-state index contributed by atoms with van der Waals surface area (Å²) in [5.41, 5.74) is -0.827. The molecule has 1 aromatic rings. The Morgan fingerprint density at radius 3 is 2.73 bits per heavy atom. The number of alkyl halides is 3. The topological polar surface area (TPSA) is 53.8 Å². The summed E-state index contributed by atoms with van der Waals surface area (Å²) in [6.45, 7) is 0. The minimum absolute atomic E-state index is 0.0752. The van der Waals surface area contributed by atoms with Gasteiger partial charge in [-0.3, -0.25) is 4.79 Å². The Labute approximate surface area is 89.3 Å². The fourth-order valence-corrected chi connectivity index (χ4v) is 1.27. The van der Waals surface area contributed by atoms with Gasteiger partial charge in [0, 0.05) is 5.56 Å². The highest BCUT2D eigenvalue weighted by molar-refractivity contribution is 6.17. The van der Waals surface area contributed by atoms with Gasteiger partial charge in [-0.1, -0.05) is 0 Å². The number of nitriles is 1. The first-order valence-corrected chi connectivity index (χ1v) is 4.40. The molecule has 0 aliphatic heterocycles. The molecule has 1 heterocycles. The molecule has 1 aromatic heterocycles. The predicted octanol–water partition coefficient (Wildman–Crippen LogP) is 2.44. The normalized spacial score (nSPS) is 10.1. The molecule has 0 aliphatic carbocycles. The first kappa shape index (κ1) is 11.5. The summed E-state index contributed by atoms with van der Waals surface area (Å²) in [5.74, 6) is -0.229. The van der Waals surface area contributed by atoms with Crippen molar-refractivity contribution in [1.29, 1.82) is 5.26 Å². The molecule has 0 aromatic carbocycles. The molecular weight excluding hydrogens is 226 g/mol. The Morgan fingerprint density at radius 2 is 2.33 bits per heavy atom. The summed E-state index contributed by atoms with van der Waals surface area (Å²) in [6.07, 6.45) is -2.45. The van der Waals surface area contributed by atoms with Gasteiger partial charge in [-0.25, -0.2) is 13.8 Å². The predicted molar refractivity (Wildman–Crippen MR) is 48.9 cm³/mol. The second kappa shape index (κ2) is 4.80. The Bertz CT molecular complexity index is 429. The molecule has 0 bridgehead atoms. The van der Waals surface area contributed by atoms with Crippen LogP contribution in [-0.2, 0) is 5.88 Å². The van der Waals surface area contributed by atoms with E-state index in [1.54, 1.807) is 6.07 Å². The third-order valence-corrected chi connectivity index (χ3v) is 2.01. The van der Waals surface area contributed by atoms with Gasteiger partial charge < -0.3 is 0 Å². The third kappa shape index (κ3) is 2.28. The SMILES string of the molecule is N#Cc1nc(CCl)c(C(F)F)cc1C=O. The van der Waals surface area contributed by atoms with Gasteiger partial charge >= 0.3 is 0 Å². The minimum Gasteiger partial charge on any atom is -0.298 e. The van der Waals surface area contributed by atoms with Gasteiger partial charge in [0.05, 0.1) is 17.1 Å². The summed E-state index contributed by atoms with van der Waals surface area (Å²) >= 11 is 5.41. The molecule has 0 saturated heterocycles. The van der Waals surface area contributed by atoms with E-state index in [4.69, 9.17) is 16.9 Å². The lowest BCUT2D eigenvalue weighted by atomic mass is 10.1. The van der Waals surface area contributed by atoms with Crippen LogP contribution in [0.2, 0.25) is 0 Å². The first-order valence-electron chi connectivity index (χ1n) is 3.87. The molecule has 1 rings (SSSR count). The van der Waals surface area contributed by atoms with Crippen molar-refractivity contribution in [3.05, 3.63) is 28.6 Å². The summed E-state index contributed by atoms with van der Waals surface area (Å²) in [5, 5.41) is 8.60. The zero-order chi connectivity index (χ0) is 11.4. The molecule has 0 amide bonds. The van der Waals surface area contributed by atoms with Crippen molar-refractivity contribution < 1.29 is 13.6 Å². The minimum atomic E-state index is -2.77. The van der Waals surface area contributed by atoms with Gasteiger partial charge in [0.1, 0.15) is 6.07 Å². The largest absolute Gasteiger partial charge is 0.298 e. The van der Waals surface area contributed by atoms with Crippen molar-refractivity contribution in [1.82, 2.24) is 4.98 Å². The Hall–Kier alpha value is -1.54. The summed E-state index contributed by atoms with van der Waals surface area (Å²) < 4.78 is 24.9. The average molecular weight is 231 g/mol. The van der Waals surface area contributed by atoms with Crippen LogP contribution < -0.4 is 0 Å². The molecule has 0 fully saturated rings. The molecule has 0 spiro atoms. The number of carbonyl (C=O) groups is 1. The number of carbonyl (C=O) groups excluding carboxylic acids is 1. The fourth-order valence-electron chi connectivity index (χ4n) is 1.06. The second-order valence-corrected chi connectivity index (χ2v) is 2.89. The highest BCUT2D eigenvalue weighted by Gasteiger charge is 2.17. The molecular formula is C9H5ClF2N2O. The summed E-state index contributed by atoms with van der Waals surface area (Å²) in [4.78, 5) is 14.1. The van der Waals surface area contributed by atoms with Crippen LogP contribution in [0, 0.1) is 11.3 Å². The smallest absolute Gasteiger partial charge is 0.265 e. The van der Waals surface area contributed by atoms with Crippen molar-refractivity contribution in [2.45, 2.75) is 12.3 Å². The van der Waals surface area contributed by atoms with Crippen LogP contribution in [-0.4, -0.2) is 11.3 Å². The lowest BCUT2D eigenvalue weighted by Crippen LogP contribution is -2.02. The Kier molecular flexibility index (Phi) is 3.69. The standard InChI is InChI=1S/C9H5ClF2N2O/c10-2-7-6(9(11)12)1-5(4-15)8(3-13)14-7/h1,4,9H,2H2. The van der Waals surface area contributed by atoms with E-state index >= 15 is 0 Å². The van der Waals surface area contributed by atoms with Crippen molar-refractivity contribution >= 4 is 17.9 Å². The number of aromatic nitrogens is 1. The van der Waals surface area contributed by atoms with Crippen molar-refractivity contribution in [2.75, 3.05) is 0 Å². The molecule has 0 saturated carbocycles. The number of nitrogens with zero attached hydrogens (tertiary/aromatic N) is 2. The Balaban J connectivity index is 3.42. The van der Waals surface area contributed by atoms with Gasteiger partial charge in [0.2, 0.25) is 0 Å². The molecule has 3 nitrogen and oxygen atoms in total. The number of aldehydes is 1. The van der Waals surface area contributed by atoms with Crippen LogP contribution in [0.4, 0.5) is 8.78 Å². The molecule has 0 unspecified atom stereocenters. The van der Waals surface area contributed by atoms with Crippen LogP contribution in [0.5, 0.6) is 0 Å². The zero-order valence-corrected chi connectivity index (χ0v) is 8.13. The maximum Gasteiger partial charge on any atom is 0.265 e. The van der Waals surface area contributed by atoms with E-state index in [0.717, 1.165) is 6.07 Å². The van der Waals surface area contributed by atoms with Crippen LogP contribution in [0.1, 0.15) is 33.7 Å².